The summed E-state index contributed by atoms with van der Waals surface area (Å²) in [5.74, 6) is 0.626. The third-order valence-corrected chi connectivity index (χ3v) is 4.08. The summed E-state index contributed by atoms with van der Waals surface area (Å²) >= 11 is 0. The number of aliphatic hydroxyl groups is 1. The fraction of sp³-hybridized carbons (Fsp3) is 0.375. The van der Waals surface area contributed by atoms with Crippen molar-refractivity contribution in [2.45, 2.75) is 25.5 Å². The highest BCUT2D eigenvalue weighted by atomic mass is 16.5. The molecular weight excluding hydrogens is 282 g/mol. The largest absolute Gasteiger partial charge is 0.497 e. The van der Waals surface area contributed by atoms with E-state index in [9.17, 15) is 9.90 Å². The first kappa shape index (κ1) is 14.6. The molecule has 2 unspecified atom stereocenters. The third-order valence-electron chi connectivity index (χ3n) is 4.08. The number of amides is 1. The molecule has 6 heteroatoms. The number of rotatable bonds is 3. The molecule has 3 rings (SSSR count). The molecule has 22 heavy (non-hydrogen) atoms. The van der Waals surface area contributed by atoms with Crippen LogP contribution < -0.4 is 4.74 Å². The van der Waals surface area contributed by atoms with Gasteiger partial charge in [-0.15, -0.1) is 0 Å². The van der Waals surface area contributed by atoms with E-state index in [1.165, 1.54) is 6.20 Å². The van der Waals surface area contributed by atoms with E-state index in [0.717, 1.165) is 17.0 Å². The van der Waals surface area contributed by atoms with Crippen LogP contribution >= 0.6 is 0 Å². The van der Waals surface area contributed by atoms with Gasteiger partial charge in [0.05, 0.1) is 31.0 Å². The van der Waals surface area contributed by atoms with Gasteiger partial charge in [0.1, 0.15) is 5.75 Å². The monoisotopic (exact) mass is 301 g/mol. The number of hydrogen-bond acceptors (Lipinski definition) is 4. The molecule has 116 valence electrons. The molecule has 1 saturated heterocycles. The summed E-state index contributed by atoms with van der Waals surface area (Å²) in [6.45, 7) is 2.14. The quantitative estimate of drug-likeness (QED) is 0.904. The van der Waals surface area contributed by atoms with Crippen molar-refractivity contribution in [3.8, 4) is 5.75 Å². The minimum atomic E-state index is -0.521. The van der Waals surface area contributed by atoms with Crippen LogP contribution in [0.5, 0.6) is 5.75 Å². The predicted molar refractivity (Wildman–Crippen MR) is 80.7 cm³/mol. The topological polar surface area (TPSA) is 78.5 Å². The second-order valence-corrected chi connectivity index (χ2v) is 5.55. The van der Waals surface area contributed by atoms with Gasteiger partial charge in [0, 0.05) is 12.2 Å². The normalized spacial score (nSPS) is 21.1. The van der Waals surface area contributed by atoms with E-state index < -0.39 is 6.10 Å². The summed E-state index contributed by atoms with van der Waals surface area (Å²) in [6.07, 6.45) is 1.54. The summed E-state index contributed by atoms with van der Waals surface area (Å²) in [5.41, 5.74) is 2.24. The Balaban J connectivity index is 1.92. The maximum Gasteiger partial charge on any atom is 0.257 e. The smallest absolute Gasteiger partial charge is 0.257 e. The Labute approximate surface area is 128 Å². The van der Waals surface area contributed by atoms with E-state index in [-0.39, 0.29) is 11.9 Å². The molecule has 1 fully saturated rings. The van der Waals surface area contributed by atoms with Crippen LogP contribution in [0.4, 0.5) is 0 Å². The highest BCUT2D eigenvalue weighted by molar-refractivity contribution is 5.95. The highest BCUT2D eigenvalue weighted by Gasteiger charge is 2.36. The highest BCUT2D eigenvalue weighted by Crippen LogP contribution is 2.34. The number of aromatic amines is 1. The molecule has 1 aliphatic heterocycles. The number of carbonyl (C=O) groups excluding carboxylic acids is 1. The van der Waals surface area contributed by atoms with Gasteiger partial charge in [-0.05, 0) is 31.0 Å². The lowest BCUT2D eigenvalue weighted by molar-refractivity contribution is 0.0715. The zero-order valence-corrected chi connectivity index (χ0v) is 12.6. The van der Waals surface area contributed by atoms with E-state index in [4.69, 9.17) is 4.74 Å². The van der Waals surface area contributed by atoms with Crippen molar-refractivity contribution in [2.75, 3.05) is 13.7 Å². The second-order valence-electron chi connectivity index (χ2n) is 5.55. The van der Waals surface area contributed by atoms with Gasteiger partial charge in [-0.25, -0.2) is 0 Å². The van der Waals surface area contributed by atoms with Gasteiger partial charge < -0.3 is 14.7 Å². The molecule has 1 aromatic carbocycles. The van der Waals surface area contributed by atoms with Crippen LogP contribution in [0.15, 0.2) is 30.5 Å². The van der Waals surface area contributed by atoms with Gasteiger partial charge in [-0.3, -0.25) is 9.89 Å². The number of methoxy groups -OCH3 is 1. The summed E-state index contributed by atoms with van der Waals surface area (Å²) in [5, 5.41) is 16.7. The number of aryl methyl sites for hydroxylation is 1. The van der Waals surface area contributed by atoms with Crippen LogP contribution in [0.1, 0.15) is 34.1 Å². The number of β-amino-alcohol motifs (C(OH)–C–C–N with tert-alkyl or cyclic N) is 1. The molecule has 2 aromatic rings. The van der Waals surface area contributed by atoms with Crippen molar-refractivity contribution in [3.05, 3.63) is 47.3 Å². The Morgan fingerprint density at radius 2 is 2.32 bits per heavy atom. The molecule has 0 bridgehead atoms. The van der Waals surface area contributed by atoms with Crippen LogP contribution in [-0.2, 0) is 0 Å². The molecule has 0 radical (unpaired) electrons. The molecule has 2 heterocycles. The SMILES string of the molecule is COc1cccc(C2CC(O)CN2C(=O)c2cn[nH]c2C)c1. The van der Waals surface area contributed by atoms with Gasteiger partial charge in [-0.2, -0.15) is 5.10 Å². The molecule has 0 saturated carbocycles. The van der Waals surface area contributed by atoms with Crippen LogP contribution in [0, 0.1) is 6.92 Å². The number of nitrogens with one attached hydrogen (secondary N) is 1. The predicted octanol–water partition coefficient (Wildman–Crippen LogP) is 1.67. The molecule has 0 aliphatic carbocycles. The number of ether oxygens (including phenoxy) is 1. The molecule has 1 aliphatic rings. The number of benzene rings is 1. The fourth-order valence-corrected chi connectivity index (χ4v) is 2.92. The van der Waals surface area contributed by atoms with E-state index in [1.807, 2.05) is 31.2 Å². The van der Waals surface area contributed by atoms with Crippen LogP contribution in [0.2, 0.25) is 0 Å². The number of aliphatic hydroxyl groups excluding tert-OH is 1. The van der Waals surface area contributed by atoms with Crippen molar-refractivity contribution in [1.82, 2.24) is 15.1 Å². The Hall–Kier alpha value is -2.34. The number of H-pyrrole nitrogens is 1. The van der Waals surface area contributed by atoms with Gasteiger partial charge in [-0.1, -0.05) is 12.1 Å². The number of nitrogens with zero attached hydrogens (tertiary/aromatic N) is 2. The lowest BCUT2D eigenvalue weighted by Crippen LogP contribution is -2.32. The number of aromatic nitrogens is 2. The molecule has 2 N–H and O–H groups in total. The van der Waals surface area contributed by atoms with E-state index in [2.05, 4.69) is 10.2 Å². The van der Waals surface area contributed by atoms with Crippen LogP contribution in [0.25, 0.3) is 0 Å². The van der Waals surface area contributed by atoms with Crippen molar-refractivity contribution in [3.63, 3.8) is 0 Å². The Kier molecular flexibility index (Phi) is 3.85. The van der Waals surface area contributed by atoms with Crippen LogP contribution in [-0.4, -0.2) is 45.9 Å². The first-order valence-electron chi connectivity index (χ1n) is 7.23. The van der Waals surface area contributed by atoms with Gasteiger partial charge in [0.25, 0.3) is 5.91 Å². The second kappa shape index (κ2) is 5.81. The van der Waals surface area contributed by atoms with Crippen LogP contribution in [0.3, 0.4) is 0 Å². The first-order valence-corrected chi connectivity index (χ1v) is 7.23. The summed E-state index contributed by atoms with van der Waals surface area (Å²) < 4.78 is 5.25. The minimum Gasteiger partial charge on any atom is -0.497 e. The maximum absolute atomic E-state index is 12.7. The van der Waals surface area contributed by atoms with E-state index in [1.54, 1.807) is 12.0 Å². The lowest BCUT2D eigenvalue weighted by atomic mass is 10.0. The fourth-order valence-electron chi connectivity index (χ4n) is 2.92. The van der Waals surface area contributed by atoms with Crippen molar-refractivity contribution in [2.24, 2.45) is 0 Å². The van der Waals surface area contributed by atoms with E-state index in [0.29, 0.717) is 18.5 Å². The van der Waals surface area contributed by atoms with Crippen molar-refractivity contribution in [1.29, 1.82) is 0 Å². The Morgan fingerprint density at radius 1 is 1.50 bits per heavy atom. The van der Waals surface area contributed by atoms with Crippen molar-refractivity contribution < 1.29 is 14.6 Å². The molecule has 0 spiro atoms. The Bertz CT molecular complexity index is 683. The van der Waals surface area contributed by atoms with E-state index >= 15 is 0 Å². The number of likely N-dealkylation sites (tertiary alicyclic amines) is 1. The molecular formula is C16H19N3O3. The average Bonchev–Trinajstić information content (AvgIpc) is 3.12. The zero-order chi connectivity index (χ0) is 15.7. The summed E-state index contributed by atoms with van der Waals surface area (Å²) in [4.78, 5) is 14.4. The summed E-state index contributed by atoms with van der Waals surface area (Å²) in [7, 11) is 1.61. The molecule has 6 nitrogen and oxygen atoms in total. The van der Waals surface area contributed by atoms with Crippen molar-refractivity contribution >= 4 is 5.91 Å². The number of carbonyl (C=O) groups is 1. The number of hydrogen-bond donors (Lipinski definition) is 2. The van der Waals surface area contributed by atoms with Gasteiger partial charge in [0.15, 0.2) is 0 Å². The molecule has 2 atom stereocenters. The standard InChI is InChI=1S/C16H19N3O3/c1-10-14(8-17-18-10)16(21)19-9-12(20)7-15(19)11-4-3-5-13(6-11)22-2/h3-6,8,12,15,20H,7,9H2,1-2H3,(H,17,18). The van der Waals surface area contributed by atoms with Gasteiger partial charge >= 0.3 is 0 Å². The lowest BCUT2D eigenvalue weighted by Gasteiger charge is -2.25. The third kappa shape index (κ3) is 2.57. The average molecular weight is 301 g/mol. The maximum atomic E-state index is 12.7. The molecule has 1 amide bonds. The Morgan fingerprint density at radius 3 is 3.00 bits per heavy atom. The first-order chi connectivity index (χ1) is 10.6. The zero-order valence-electron chi connectivity index (χ0n) is 12.6. The minimum absolute atomic E-state index is 0.115. The summed E-state index contributed by atoms with van der Waals surface area (Å²) in [6, 6.07) is 7.46. The molecule has 1 aromatic heterocycles. The van der Waals surface area contributed by atoms with Gasteiger partial charge in [0.2, 0.25) is 0 Å².